The van der Waals surface area contributed by atoms with Gasteiger partial charge < -0.3 is 9.13 Å². The highest BCUT2D eigenvalue weighted by molar-refractivity contribution is 6.11. The second kappa shape index (κ2) is 9.90. The third-order valence-corrected chi connectivity index (χ3v) is 9.20. The number of benzene rings is 6. The first-order valence-corrected chi connectivity index (χ1v) is 15.3. The maximum atomic E-state index is 14.8. The number of hydrogen-bond donors (Lipinski definition) is 0. The van der Waals surface area contributed by atoms with Gasteiger partial charge in [0.2, 0.25) is 0 Å². The molecule has 2 nitrogen and oxygen atoms in total. The van der Waals surface area contributed by atoms with Gasteiger partial charge in [-0.1, -0.05) is 54.6 Å². The lowest BCUT2D eigenvalue weighted by atomic mass is 9.98. The van der Waals surface area contributed by atoms with Crippen molar-refractivity contribution >= 4 is 43.6 Å². The number of hydrogen-bond acceptors (Lipinski definition) is 0. The monoisotopic (exact) mass is 590 g/mol. The maximum absolute atomic E-state index is 14.8. The fourth-order valence-electron chi connectivity index (χ4n) is 7.14. The van der Waals surface area contributed by atoms with E-state index in [4.69, 9.17) is 0 Å². The Bertz CT molecular complexity index is 2370. The molecule has 0 spiro atoms. The molecule has 4 heteroatoms. The number of nitrogens with zero attached hydrogens (tertiary/aromatic N) is 2. The van der Waals surface area contributed by atoms with Gasteiger partial charge >= 0.3 is 0 Å². The van der Waals surface area contributed by atoms with Crippen molar-refractivity contribution in [3.05, 3.63) is 143 Å². The first kappa shape index (κ1) is 27.3. The molecule has 0 fully saturated rings. The lowest BCUT2D eigenvalue weighted by molar-refractivity contribution is 0.584. The van der Waals surface area contributed by atoms with Gasteiger partial charge in [0.1, 0.15) is 11.6 Å². The zero-order valence-corrected chi connectivity index (χ0v) is 26.0. The Labute approximate surface area is 260 Å². The standard InChI is InChI=1S/C41H32F2N2/c1-23-6-10-32-33-11-7-24(2)17-38(33)44(37(32)16-23)36-15-14-31(28-20-29(42)22-30(43)21-28)41(27(36)5)45-39-18-25(3)8-12-34(39)35-13-9-26(4)19-40(35)45/h6-22H,1-5H3. The lowest BCUT2D eigenvalue weighted by Crippen LogP contribution is -2.06. The Morgan fingerprint density at radius 1 is 0.422 bits per heavy atom. The highest BCUT2D eigenvalue weighted by Gasteiger charge is 2.23. The number of aromatic nitrogens is 2. The first-order valence-electron chi connectivity index (χ1n) is 15.3. The van der Waals surface area contributed by atoms with E-state index in [-0.39, 0.29) is 0 Å². The lowest BCUT2D eigenvalue weighted by Gasteiger charge is -2.21. The van der Waals surface area contributed by atoms with Gasteiger partial charge in [-0.25, -0.2) is 8.78 Å². The van der Waals surface area contributed by atoms with Crippen molar-refractivity contribution in [2.45, 2.75) is 34.6 Å². The van der Waals surface area contributed by atoms with Crippen molar-refractivity contribution in [1.82, 2.24) is 9.13 Å². The number of fused-ring (bicyclic) bond motifs is 6. The van der Waals surface area contributed by atoms with Crippen LogP contribution in [0.4, 0.5) is 8.78 Å². The number of halogens is 2. The summed E-state index contributed by atoms with van der Waals surface area (Å²) in [7, 11) is 0. The maximum Gasteiger partial charge on any atom is 0.126 e. The molecule has 0 aliphatic carbocycles. The number of aryl methyl sites for hydroxylation is 4. The van der Waals surface area contributed by atoms with Crippen molar-refractivity contribution in [3.8, 4) is 22.5 Å². The fourth-order valence-corrected chi connectivity index (χ4v) is 7.14. The van der Waals surface area contributed by atoms with Crippen LogP contribution in [0, 0.1) is 46.3 Å². The topological polar surface area (TPSA) is 9.86 Å². The molecule has 0 radical (unpaired) electrons. The van der Waals surface area contributed by atoms with E-state index in [1.807, 2.05) is 6.07 Å². The molecular formula is C41H32F2N2. The Kier molecular flexibility index (Phi) is 6.01. The molecule has 0 aliphatic heterocycles. The van der Waals surface area contributed by atoms with Gasteiger partial charge in [0.25, 0.3) is 0 Å². The fraction of sp³-hybridized carbons (Fsp3) is 0.122. The molecule has 8 rings (SSSR count). The Morgan fingerprint density at radius 2 is 0.822 bits per heavy atom. The average Bonchev–Trinajstić information content (AvgIpc) is 3.47. The molecule has 2 heterocycles. The van der Waals surface area contributed by atoms with Crippen molar-refractivity contribution in [2.24, 2.45) is 0 Å². The minimum absolute atomic E-state index is 0.501. The second-order valence-electron chi connectivity index (χ2n) is 12.5. The van der Waals surface area contributed by atoms with Gasteiger partial charge in [-0.3, -0.25) is 0 Å². The summed E-state index contributed by atoms with van der Waals surface area (Å²) in [5.74, 6) is -1.19. The van der Waals surface area contributed by atoms with Gasteiger partial charge in [-0.2, -0.15) is 0 Å². The molecule has 45 heavy (non-hydrogen) atoms. The third kappa shape index (κ3) is 4.20. The molecule has 0 saturated carbocycles. The molecule has 0 bridgehead atoms. The summed E-state index contributed by atoms with van der Waals surface area (Å²) in [6, 6.07) is 34.2. The summed E-state index contributed by atoms with van der Waals surface area (Å²) in [6.45, 7) is 10.6. The van der Waals surface area contributed by atoms with Gasteiger partial charge in [0.05, 0.1) is 33.4 Å². The summed E-state index contributed by atoms with van der Waals surface area (Å²) in [5.41, 5.74) is 13.2. The van der Waals surface area contributed by atoms with E-state index in [1.54, 1.807) is 0 Å². The van der Waals surface area contributed by atoms with E-state index in [9.17, 15) is 8.78 Å². The Hall–Kier alpha value is -5.22. The molecular weight excluding hydrogens is 558 g/mol. The van der Waals surface area contributed by atoms with Gasteiger partial charge in [0, 0.05) is 33.2 Å². The molecule has 0 amide bonds. The molecule has 0 atom stereocenters. The van der Waals surface area contributed by atoms with Crippen LogP contribution < -0.4 is 0 Å². The molecule has 8 aromatic rings. The molecule has 2 aromatic heterocycles. The van der Waals surface area contributed by atoms with Crippen molar-refractivity contribution in [2.75, 3.05) is 0 Å². The van der Waals surface area contributed by atoms with Crippen LogP contribution in [0.15, 0.2) is 103 Å². The SMILES string of the molecule is Cc1ccc2c3ccc(C)cc3n(-c3ccc(-c4cc(F)cc(F)c4)c(-n4c5cc(C)ccc5c5ccc(C)cc54)c3C)c2c1. The van der Waals surface area contributed by atoms with Crippen molar-refractivity contribution in [3.63, 3.8) is 0 Å². The van der Waals surface area contributed by atoms with Crippen LogP contribution in [0.1, 0.15) is 27.8 Å². The minimum atomic E-state index is -0.597. The third-order valence-electron chi connectivity index (χ3n) is 9.20. The predicted molar refractivity (Wildman–Crippen MR) is 184 cm³/mol. The van der Waals surface area contributed by atoms with E-state index in [0.717, 1.165) is 72.5 Å². The highest BCUT2D eigenvalue weighted by Crippen LogP contribution is 2.42. The van der Waals surface area contributed by atoms with Gasteiger partial charge in [-0.05, 0) is 110 Å². The Balaban J connectivity index is 1.57. The average molecular weight is 591 g/mol. The van der Waals surface area contributed by atoms with Crippen LogP contribution >= 0.6 is 0 Å². The van der Waals surface area contributed by atoms with Crippen LogP contribution in [-0.2, 0) is 0 Å². The molecule has 0 N–H and O–H groups in total. The largest absolute Gasteiger partial charge is 0.309 e. The second-order valence-corrected chi connectivity index (χ2v) is 12.5. The summed E-state index contributed by atoms with van der Waals surface area (Å²) in [6.07, 6.45) is 0. The van der Waals surface area contributed by atoms with Crippen LogP contribution in [0.2, 0.25) is 0 Å². The minimum Gasteiger partial charge on any atom is -0.309 e. The normalized spacial score (nSPS) is 11.9. The van der Waals surface area contributed by atoms with Gasteiger partial charge in [0.15, 0.2) is 0 Å². The van der Waals surface area contributed by atoms with E-state index < -0.39 is 11.6 Å². The summed E-state index contributed by atoms with van der Waals surface area (Å²) in [5, 5.41) is 4.66. The number of rotatable bonds is 3. The molecule has 0 unspecified atom stereocenters. The zero-order valence-electron chi connectivity index (χ0n) is 26.0. The quantitative estimate of drug-likeness (QED) is 0.194. The van der Waals surface area contributed by atoms with Gasteiger partial charge in [-0.15, -0.1) is 0 Å². The van der Waals surface area contributed by atoms with E-state index >= 15 is 0 Å². The summed E-state index contributed by atoms with van der Waals surface area (Å²) >= 11 is 0. The van der Waals surface area contributed by atoms with E-state index in [2.05, 4.69) is 123 Å². The van der Waals surface area contributed by atoms with Crippen molar-refractivity contribution in [1.29, 1.82) is 0 Å². The van der Waals surface area contributed by atoms with Crippen LogP contribution in [-0.4, -0.2) is 9.13 Å². The van der Waals surface area contributed by atoms with Crippen LogP contribution in [0.5, 0.6) is 0 Å². The summed E-state index contributed by atoms with van der Waals surface area (Å²) < 4.78 is 34.2. The van der Waals surface area contributed by atoms with Crippen LogP contribution in [0.25, 0.3) is 66.1 Å². The molecule has 0 aliphatic rings. The van der Waals surface area contributed by atoms with Crippen molar-refractivity contribution < 1.29 is 8.78 Å². The molecule has 0 saturated heterocycles. The first-order chi connectivity index (χ1) is 21.7. The summed E-state index contributed by atoms with van der Waals surface area (Å²) in [4.78, 5) is 0. The Morgan fingerprint density at radius 3 is 1.24 bits per heavy atom. The van der Waals surface area contributed by atoms with Crippen LogP contribution in [0.3, 0.4) is 0 Å². The van der Waals surface area contributed by atoms with E-state index in [1.165, 1.54) is 34.0 Å². The predicted octanol–water partition coefficient (Wildman–Crippen LogP) is 11.4. The molecule has 6 aromatic carbocycles. The highest BCUT2D eigenvalue weighted by atomic mass is 19.1. The zero-order chi connectivity index (χ0) is 31.1. The van der Waals surface area contributed by atoms with E-state index in [0.29, 0.717) is 5.56 Å². The smallest absolute Gasteiger partial charge is 0.126 e. The molecule has 220 valence electrons.